The molecule has 19 heavy (non-hydrogen) atoms. The van der Waals surface area contributed by atoms with E-state index in [2.05, 4.69) is 26.5 Å². The SMILES string of the molecule is O=C(N/N=C\c1cc(Br)cc(Cl)c1O)c1cccs1. The predicted octanol–water partition coefficient (Wildman–Crippen LogP) is 3.63. The van der Waals surface area contributed by atoms with E-state index in [1.54, 1.807) is 29.6 Å². The highest BCUT2D eigenvalue weighted by Gasteiger charge is 2.07. The van der Waals surface area contributed by atoms with Crippen molar-refractivity contribution in [3.8, 4) is 5.75 Å². The molecule has 1 amide bonds. The Morgan fingerprint density at radius 2 is 2.32 bits per heavy atom. The molecule has 0 spiro atoms. The number of aromatic hydroxyl groups is 1. The number of rotatable bonds is 3. The van der Waals surface area contributed by atoms with Crippen molar-refractivity contribution in [2.75, 3.05) is 0 Å². The topological polar surface area (TPSA) is 61.7 Å². The summed E-state index contributed by atoms with van der Waals surface area (Å²) in [5.74, 6) is -0.383. The molecule has 2 aromatic rings. The van der Waals surface area contributed by atoms with Crippen LogP contribution in [0, 0.1) is 0 Å². The number of phenolic OH excluding ortho intramolecular Hbond substituents is 1. The molecule has 0 atom stereocenters. The van der Waals surface area contributed by atoms with Crippen LogP contribution in [0.4, 0.5) is 0 Å². The third kappa shape index (κ3) is 3.56. The normalized spacial score (nSPS) is 10.8. The molecule has 1 heterocycles. The Balaban J connectivity index is 2.09. The summed E-state index contributed by atoms with van der Waals surface area (Å²) in [7, 11) is 0. The van der Waals surface area contributed by atoms with Crippen LogP contribution in [0.3, 0.4) is 0 Å². The smallest absolute Gasteiger partial charge is 0.281 e. The lowest BCUT2D eigenvalue weighted by molar-refractivity contribution is 0.0959. The molecule has 0 radical (unpaired) electrons. The first-order chi connectivity index (χ1) is 9.08. The number of carbonyl (C=O) groups excluding carboxylic acids is 1. The second kappa shape index (κ2) is 6.18. The molecule has 0 fully saturated rings. The Labute approximate surface area is 126 Å². The van der Waals surface area contributed by atoms with Gasteiger partial charge in [-0.2, -0.15) is 5.10 Å². The lowest BCUT2D eigenvalue weighted by atomic mass is 10.2. The van der Waals surface area contributed by atoms with Crippen LogP contribution < -0.4 is 5.43 Å². The van der Waals surface area contributed by atoms with Gasteiger partial charge in [0.2, 0.25) is 0 Å². The van der Waals surface area contributed by atoms with E-state index in [0.29, 0.717) is 14.9 Å². The molecule has 0 aliphatic rings. The highest BCUT2D eigenvalue weighted by molar-refractivity contribution is 9.10. The van der Waals surface area contributed by atoms with Crippen molar-refractivity contribution >= 4 is 51.0 Å². The Bertz CT molecular complexity index is 629. The van der Waals surface area contributed by atoms with Gasteiger partial charge in [0.15, 0.2) is 0 Å². The van der Waals surface area contributed by atoms with E-state index in [0.717, 1.165) is 0 Å². The minimum atomic E-state index is -0.299. The van der Waals surface area contributed by atoms with Crippen molar-refractivity contribution in [3.05, 3.63) is 49.6 Å². The number of carbonyl (C=O) groups is 1. The van der Waals surface area contributed by atoms with Crippen LogP contribution in [-0.4, -0.2) is 17.2 Å². The Hall–Kier alpha value is -1.37. The number of phenols is 1. The first-order valence-corrected chi connectivity index (χ1v) is 7.18. The molecule has 0 bridgehead atoms. The molecule has 4 nitrogen and oxygen atoms in total. The van der Waals surface area contributed by atoms with Gasteiger partial charge in [-0.15, -0.1) is 11.3 Å². The quantitative estimate of drug-likeness (QED) is 0.649. The van der Waals surface area contributed by atoms with Crippen LogP contribution in [0.5, 0.6) is 5.75 Å². The Morgan fingerprint density at radius 1 is 1.53 bits per heavy atom. The summed E-state index contributed by atoms with van der Waals surface area (Å²) in [6, 6.07) is 6.69. The maximum Gasteiger partial charge on any atom is 0.281 e. The molecule has 0 saturated heterocycles. The summed E-state index contributed by atoms with van der Waals surface area (Å²) in [6.45, 7) is 0. The number of hydrazone groups is 1. The highest BCUT2D eigenvalue weighted by Crippen LogP contribution is 2.30. The van der Waals surface area contributed by atoms with Gasteiger partial charge in [-0.1, -0.05) is 33.6 Å². The molecule has 1 aromatic heterocycles. The number of benzene rings is 1. The van der Waals surface area contributed by atoms with Gasteiger partial charge in [0, 0.05) is 10.0 Å². The van der Waals surface area contributed by atoms with Gasteiger partial charge in [-0.25, -0.2) is 5.43 Å². The molecule has 0 unspecified atom stereocenters. The number of amides is 1. The third-order valence-corrected chi connectivity index (χ3v) is 3.79. The second-order valence-corrected chi connectivity index (χ2v) is 5.77. The maximum absolute atomic E-state index is 11.6. The third-order valence-electron chi connectivity index (χ3n) is 2.17. The van der Waals surface area contributed by atoms with Gasteiger partial charge in [0.1, 0.15) is 5.75 Å². The zero-order chi connectivity index (χ0) is 13.8. The number of hydrogen-bond donors (Lipinski definition) is 2. The first-order valence-electron chi connectivity index (χ1n) is 5.13. The van der Waals surface area contributed by atoms with E-state index in [4.69, 9.17) is 11.6 Å². The molecular formula is C12H8BrClN2O2S. The number of nitrogens with zero attached hydrogens (tertiary/aromatic N) is 1. The van der Waals surface area contributed by atoms with E-state index >= 15 is 0 Å². The molecular weight excluding hydrogens is 352 g/mol. The van der Waals surface area contributed by atoms with Crippen molar-refractivity contribution in [2.45, 2.75) is 0 Å². The maximum atomic E-state index is 11.6. The molecule has 2 rings (SSSR count). The minimum Gasteiger partial charge on any atom is -0.506 e. The second-order valence-electron chi connectivity index (χ2n) is 3.50. The van der Waals surface area contributed by atoms with Crippen LogP contribution in [0.15, 0.2) is 39.2 Å². The van der Waals surface area contributed by atoms with Gasteiger partial charge >= 0.3 is 0 Å². The summed E-state index contributed by atoms with van der Waals surface area (Å²) >= 11 is 10.4. The van der Waals surface area contributed by atoms with Gasteiger partial charge in [0.25, 0.3) is 5.91 Å². The standard InChI is InChI=1S/C12H8BrClN2O2S/c13-8-4-7(11(17)9(14)5-8)6-15-16-12(18)10-2-1-3-19-10/h1-6,17H,(H,16,18)/b15-6-. The molecule has 0 saturated carbocycles. The molecule has 1 aromatic carbocycles. The summed E-state index contributed by atoms with van der Waals surface area (Å²) in [4.78, 5) is 12.2. The van der Waals surface area contributed by atoms with Gasteiger partial charge in [0.05, 0.1) is 16.1 Å². The minimum absolute atomic E-state index is 0.0843. The summed E-state index contributed by atoms with van der Waals surface area (Å²) in [5.41, 5.74) is 2.78. The fraction of sp³-hybridized carbons (Fsp3) is 0. The summed E-state index contributed by atoms with van der Waals surface area (Å²) < 4.78 is 0.710. The van der Waals surface area contributed by atoms with Crippen LogP contribution >= 0.6 is 38.9 Å². The average Bonchev–Trinajstić information content (AvgIpc) is 2.88. The van der Waals surface area contributed by atoms with E-state index in [-0.39, 0.29) is 16.7 Å². The van der Waals surface area contributed by atoms with Crippen molar-refractivity contribution in [2.24, 2.45) is 5.10 Å². The van der Waals surface area contributed by atoms with Crippen molar-refractivity contribution in [1.82, 2.24) is 5.43 Å². The first kappa shape index (κ1) is 14.0. The number of hydrogen-bond acceptors (Lipinski definition) is 4. The van der Waals surface area contributed by atoms with Crippen LogP contribution in [0.25, 0.3) is 0 Å². The van der Waals surface area contributed by atoms with Gasteiger partial charge in [-0.05, 0) is 23.6 Å². The van der Waals surface area contributed by atoms with Crippen LogP contribution in [0.1, 0.15) is 15.2 Å². The fourth-order valence-corrected chi connectivity index (χ4v) is 2.76. The monoisotopic (exact) mass is 358 g/mol. The molecule has 98 valence electrons. The van der Waals surface area contributed by atoms with Crippen LogP contribution in [0.2, 0.25) is 5.02 Å². The fourth-order valence-electron chi connectivity index (χ4n) is 1.31. The van der Waals surface area contributed by atoms with Crippen molar-refractivity contribution in [3.63, 3.8) is 0 Å². The van der Waals surface area contributed by atoms with E-state index in [1.807, 2.05) is 0 Å². The zero-order valence-electron chi connectivity index (χ0n) is 9.43. The van der Waals surface area contributed by atoms with E-state index in [9.17, 15) is 9.90 Å². The zero-order valence-corrected chi connectivity index (χ0v) is 12.6. The predicted molar refractivity (Wildman–Crippen MR) is 80.2 cm³/mol. The molecule has 0 aliphatic carbocycles. The molecule has 0 aliphatic heterocycles. The van der Waals surface area contributed by atoms with Crippen LogP contribution in [-0.2, 0) is 0 Å². The van der Waals surface area contributed by atoms with E-state index in [1.165, 1.54) is 17.6 Å². The molecule has 7 heteroatoms. The molecule has 2 N–H and O–H groups in total. The Morgan fingerprint density at radius 3 is 3.00 bits per heavy atom. The van der Waals surface area contributed by atoms with Gasteiger partial charge in [-0.3, -0.25) is 4.79 Å². The average molecular weight is 360 g/mol. The van der Waals surface area contributed by atoms with Crippen molar-refractivity contribution in [1.29, 1.82) is 0 Å². The lowest BCUT2D eigenvalue weighted by Gasteiger charge is -2.02. The Kier molecular flexibility index (Phi) is 4.57. The van der Waals surface area contributed by atoms with Gasteiger partial charge < -0.3 is 5.11 Å². The highest BCUT2D eigenvalue weighted by atomic mass is 79.9. The largest absolute Gasteiger partial charge is 0.506 e. The summed E-state index contributed by atoms with van der Waals surface area (Å²) in [6.07, 6.45) is 1.33. The summed E-state index contributed by atoms with van der Waals surface area (Å²) in [5, 5.41) is 15.5. The number of thiophene rings is 1. The lowest BCUT2D eigenvalue weighted by Crippen LogP contribution is -2.16. The number of halogens is 2. The number of nitrogens with one attached hydrogen (secondary N) is 1. The van der Waals surface area contributed by atoms with Crippen molar-refractivity contribution < 1.29 is 9.90 Å². The van der Waals surface area contributed by atoms with E-state index < -0.39 is 0 Å².